The molecule has 0 spiro atoms. The number of nitrogens with zero attached hydrogens (tertiary/aromatic N) is 1. The van der Waals surface area contributed by atoms with Crippen molar-refractivity contribution < 1.29 is 37.4 Å². The molecule has 10 heteroatoms. The minimum atomic E-state index is -1.34. The molecule has 0 bridgehead atoms. The van der Waals surface area contributed by atoms with Gasteiger partial charge in [-0.2, -0.15) is 0 Å². The topological polar surface area (TPSA) is 108 Å². The highest BCUT2D eigenvalue weighted by Crippen LogP contribution is 2.52. The predicted molar refractivity (Wildman–Crippen MR) is 158 cm³/mol. The third-order valence-electron chi connectivity index (χ3n) is 7.88. The molecule has 0 saturated heterocycles. The fourth-order valence-electron chi connectivity index (χ4n) is 6.05. The van der Waals surface area contributed by atoms with Crippen LogP contribution in [0.15, 0.2) is 95.5 Å². The Hall–Kier alpha value is -4.99. The van der Waals surface area contributed by atoms with Crippen LogP contribution in [-0.2, 0) is 23.9 Å². The van der Waals surface area contributed by atoms with E-state index in [-0.39, 0.29) is 47.9 Å². The molecule has 3 aromatic carbocycles. The van der Waals surface area contributed by atoms with E-state index in [1.54, 1.807) is 50.2 Å². The summed E-state index contributed by atoms with van der Waals surface area (Å²) < 4.78 is 46.3. The zero-order chi connectivity index (χ0) is 31.5. The lowest BCUT2D eigenvalue weighted by Crippen LogP contribution is -2.46. The number of rotatable bonds is 8. The first-order valence-corrected chi connectivity index (χ1v) is 14.3. The molecule has 1 heterocycles. The maximum atomic E-state index is 15.6. The lowest BCUT2D eigenvalue weighted by atomic mass is 9.66. The van der Waals surface area contributed by atoms with Gasteiger partial charge >= 0.3 is 11.9 Å². The normalized spacial score (nSPS) is 19.9. The van der Waals surface area contributed by atoms with E-state index < -0.39 is 47.1 Å². The number of methoxy groups -OCH3 is 1. The molecule has 2 N–H and O–H groups in total. The Balaban J connectivity index is 1.84. The second-order valence-electron chi connectivity index (χ2n) is 10.3. The molecule has 3 aromatic rings. The minimum Gasteiger partial charge on any atom is -0.497 e. The number of halogens is 2. The fourth-order valence-corrected chi connectivity index (χ4v) is 6.05. The molecule has 5 rings (SSSR count). The van der Waals surface area contributed by atoms with Crippen molar-refractivity contribution in [1.82, 2.24) is 0 Å². The SMILES string of the molecule is CCOC(=O)C1=C(N)N(c2cccc(F)c2)C2=C(C(=O)[C@H](C(=O)OCC)[C@H](c3cccc(OC)c3)C2)[C@H]1c1ccccc1F. The van der Waals surface area contributed by atoms with Crippen molar-refractivity contribution in [2.45, 2.75) is 32.1 Å². The molecule has 8 nitrogen and oxygen atoms in total. The van der Waals surface area contributed by atoms with Gasteiger partial charge < -0.3 is 19.9 Å². The van der Waals surface area contributed by atoms with Crippen molar-refractivity contribution in [2.75, 3.05) is 25.2 Å². The van der Waals surface area contributed by atoms with Gasteiger partial charge in [-0.05, 0) is 62.2 Å². The van der Waals surface area contributed by atoms with Crippen molar-refractivity contribution in [1.29, 1.82) is 0 Å². The molecule has 1 aliphatic carbocycles. The van der Waals surface area contributed by atoms with Crippen molar-refractivity contribution >= 4 is 23.4 Å². The van der Waals surface area contributed by atoms with Gasteiger partial charge in [-0.1, -0.05) is 36.4 Å². The zero-order valence-electron chi connectivity index (χ0n) is 24.5. The van der Waals surface area contributed by atoms with Gasteiger partial charge in [0.05, 0.1) is 37.5 Å². The van der Waals surface area contributed by atoms with E-state index in [1.807, 2.05) is 0 Å². The number of Topliss-reactive ketones (excluding diaryl/α,β-unsaturated/α-hetero) is 1. The summed E-state index contributed by atoms with van der Waals surface area (Å²) in [4.78, 5) is 43.3. The molecule has 44 heavy (non-hydrogen) atoms. The second-order valence-corrected chi connectivity index (χ2v) is 10.3. The van der Waals surface area contributed by atoms with Gasteiger partial charge in [-0.15, -0.1) is 0 Å². The Bertz CT molecular complexity index is 1680. The largest absolute Gasteiger partial charge is 0.497 e. The standard InChI is InChI=1S/C34H32F2N2O6/c1-4-43-33(40)28-24(19-10-8-13-22(16-19)42-3)18-26-29(31(28)39)27(23-14-6-7-15-25(23)36)30(34(41)44-5-2)32(37)38(26)21-12-9-11-20(35)17-21/h6-17,24,27-28H,4-5,18,37H2,1-3H3/t24-,27+,28+/m0/s1. The van der Waals surface area contributed by atoms with Gasteiger partial charge in [-0.3, -0.25) is 14.5 Å². The maximum absolute atomic E-state index is 15.6. The fraction of sp³-hybridized carbons (Fsp3) is 0.265. The Morgan fingerprint density at radius 3 is 2.36 bits per heavy atom. The Morgan fingerprint density at radius 1 is 0.955 bits per heavy atom. The average molecular weight is 603 g/mol. The molecule has 0 unspecified atom stereocenters. The Kier molecular flexibility index (Phi) is 8.80. The van der Waals surface area contributed by atoms with Gasteiger partial charge in [0, 0.05) is 22.8 Å². The number of carbonyl (C=O) groups is 3. The highest BCUT2D eigenvalue weighted by molar-refractivity contribution is 6.14. The number of benzene rings is 3. The van der Waals surface area contributed by atoms with E-state index in [4.69, 9.17) is 19.9 Å². The monoisotopic (exact) mass is 602 g/mol. The van der Waals surface area contributed by atoms with Crippen molar-refractivity contribution in [3.63, 3.8) is 0 Å². The number of anilines is 1. The molecule has 0 radical (unpaired) electrons. The van der Waals surface area contributed by atoms with Crippen LogP contribution in [0.4, 0.5) is 14.5 Å². The molecular weight excluding hydrogens is 570 g/mol. The molecule has 0 aromatic heterocycles. The number of ether oxygens (including phenoxy) is 3. The van der Waals surface area contributed by atoms with E-state index >= 15 is 4.39 Å². The number of hydrogen-bond donors (Lipinski definition) is 1. The van der Waals surface area contributed by atoms with Crippen LogP contribution in [-0.4, -0.2) is 38.0 Å². The van der Waals surface area contributed by atoms with Crippen LogP contribution in [0.5, 0.6) is 5.75 Å². The number of hydrogen-bond acceptors (Lipinski definition) is 8. The van der Waals surface area contributed by atoms with E-state index in [0.717, 1.165) is 0 Å². The van der Waals surface area contributed by atoms with Crippen LogP contribution < -0.4 is 15.4 Å². The van der Waals surface area contributed by atoms with Crippen LogP contribution in [0.2, 0.25) is 0 Å². The summed E-state index contributed by atoms with van der Waals surface area (Å²) in [5.41, 5.74) is 7.67. The van der Waals surface area contributed by atoms with Crippen molar-refractivity contribution in [3.8, 4) is 5.75 Å². The lowest BCUT2D eigenvalue weighted by molar-refractivity contribution is -0.152. The average Bonchev–Trinajstić information content (AvgIpc) is 3.00. The van der Waals surface area contributed by atoms with E-state index in [2.05, 4.69) is 0 Å². The first-order chi connectivity index (χ1) is 21.2. The number of esters is 2. The first-order valence-electron chi connectivity index (χ1n) is 14.3. The maximum Gasteiger partial charge on any atom is 0.338 e. The van der Waals surface area contributed by atoms with Gasteiger partial charge in [0.15, 0.2) is 5.78 Å². The second kappa shape index (κ2) is 12.7. The zero-order valence-corrected chi connectivity index (χ0v) is 24.5. The third-order valence-corrected chi connectivity index (χ3v) is 7.88. The van der Waals surface area contributed by atoms with Crippen LogP contribution in [0.3, 0.4) is 0 Å². The number of carbonyl (C=O) groups excluding carboxylic acids is 3. The number of ketones is 1. The highest BCUT2D eigenvalue weighted by atomic mass is 19.1. The van der Waals surface area contributed by atoms with Crippen LogP contribution in [0.25, 0.3) is 0 Å². The quantitative estimate of drug-likeness (QED) is 0.266. The summed E-state index contributed by atoms with van der Waals surface area (Å²) in [5, 5.41) is 0. The summed E-state index contributed by atoms with van der Waals surface area (Å²) >= 11 is 0. The predicted octanol–water partition coefficient (Wildman–Crippen LogP) is 5.50. The molecule has 228 valence electrons. The summed E-state index contributed by atoms with van der Waals surface area (Å²) in [6, 6.07) is 18.2. The molecular formula is C34H32F2N2O6. The van der Waals surface area contributed by atoms with Gasteiger partial charge in [0.1, 0.15) is 29.1 Å². The molecule has 0 amide bonds. The van der Waals surface area contributed by atoms with E-state index in [9.17, 15) is 18.8 Å². The number of nitrogens with two attached hydrogens (primary N) is 1. The minimum absolute atomic E-state index is 0.000634. The number of allylic oxidation sites excluding steroid dienone is 2. The Labute approximate surface area is 253 Å². The third kappa shape index (κ3) is 5.43. The molecule has 1 aliphatic heterocycles. The van der Waals surface area contributed by atoms with Crippen LogP contribution >= 0.6 is 0 Å². The van der Waals surface area contributed by atoms with Crippen LogP contribution in [0, 0.1) is 17.6 Å². The van der Waals surface area contributed by atoms with Gasteiger partial charge in [0.2, 0.25) is 0 Å². The van der Waals surface area contributed by atoms with E-state index in [1.165, 1.54) is 48.4 Å². The molecule has 0 fully saturated rings. The van der Waals surface area contributed by atoms with E-state index in [0.29, 0.717) is 17.0 Å². The van der Waals surface area contributed by atoms with Crippen molar-refractivity contribution in [3.05, 3.63) is 118 Å². The first kappa shape index (κ1) is 30.5. The Morgan fingerprint density at radius 2 is 1.68 bits per heavy atom. The summed E-state index contributed by atoms with van der Waals surface area (Å²) in [6.07, 6.45) is 0.0377. The molecule has 0 saturated carbocycles. The smallest absolute Gasteiger partial charge is 0.338 e. The molecule has 3 atom stereocenters. The summed E-state index contributed by atoms with van der Waals surface area (Å²) in [6.45, 7) is 3.23. The van der Waals surface area contributed by atoms with Crippen molar-refractivity contribution in [2.24, 2.45) is 11.7 Å². The summed E-state index contributed by atoms with van der Waals surface area (Å²) in [7, 11) is 1.50. The van der Waals surface area contributed by atoms with Crippen LogP contribution in [0.1, 0.15) is 43.2 Å². The van der Waals surface area contributed by atoms with Gasteiger partial charge in [-0.25, -0.2) is 13.6 Å². The van der Waals surface area contributed by atoms with Gasteiger partial charge in [0.25, 0.3) is 0 Å². The summed E-state index contributed by atoms with van der Waals surface area (Å²) in [5.74, 6) is -6.62. The lowest BCUT2D eigenvalue weighted by Gasteiger charge is -2.44. The highest BCUT2D eigenvalue weighted by Gasteiger charge is 2.52. The molecule has 2 aliphatic rings.